The number of amides is 2. The summed E-state index contributed by atoms with van der Waals surface area (Å²) in [6, 6.07) is 14.5. The minimum Gasteiger partial charge on any atom is -0.451 e. The largest absolute Gasteiger partial charge is 0.451 e. The van der Waals surface area contributed by atoms with Crippen LogP contribution in [0.2, 0.25) is 0 Å². The predicted octanol–water partition coefficient (Wildman–Crippen LogP) is 1.86. The molecule has 0 saturated carbocycles. The summed E-state index contributed by atoms with van der Waals surface area (Å²) in [5.41, 5.74) is 7.02. The number of furan rings is 1. The standard InChI is InChI=1S/C20H18N4O4/c1-12-13-7-3-6-10-16(13)28-18(12)19(26)22-21-17(25)11-24-15-9-5-4-8-14(15)23(2)20(24)27/h3-10H,11H2,1-2H3,(H,21,25)(H,22,26). The van der Waals surface area contributed by atoms with Gasteiger partial charge >= 0.3 is 11.6 Å². The predicted molar refractivity (Wildman–Crippen MR) is 104 cm³/mol. The van der Waals surface area contributed by atoms with E-state index in [0.717, 1.165) is 10.9 Å². The second-order valence-electron chi connectivity index (χ2n) is 6.47. The molecular weight excluding hydrogens is 360 g/mol. The molecule has 0 aliphatic rings. The van der Waals surface area contributed by atoms with Crippen molar-refractivity contribution in [1.82, 2.24) is 20.0 Å². The van der Waals surface area contributed by atoms with Gasteiger partial charge in [-0.3, -0.25) is 29.6 Å². The second kappa shape index (κ2) is 6.73. The van der Waals surface area contributed by atoms with E-state index in [1.165, 1.54) is 9.13 Å². The Kier molecular flexibility index (Phi) is 4.23. The lowest BCUT2D eigenvalue weighted by molar-refractivity contribution is -0.122. The first kappa shape index (κ1) is 17.6. The Labute approximate surface area is 159 Å². The van der Waals surface area contributed by atoms with Crippen molar-refractivity contribution >= 4 is 33.8 Å². The molecule has 0 aliphatic heterocycles. The Balaban J connectivity index is 1.49. The van der Waals surface area contributed by atoms with Gasteiger partial charge in [0.25, 0.3) is 5.91 Å². The monoisotopic (exact) mass is 378 g/mol. The highest BCUT2D eigenvalue weighted by Crippen LogP contribution is 2.24. The van der Waals surface area contributed by atoms with E-state index in [4.69, 9.17) is 4.42 Å². The molecule has 142 valence electrons. The lowest BCUT2D eigenvalue weighted by Crippen LogP contribution is -2.44. The van der Waals surface area contributed by atoms with Gasteiger partial charge in [0, 0.05) is 18.0 Å². The summed E-state index contributed by atoms with van der Waals surface area (Å²) in [6.45, 7) is 1.55. The molecular formula is C20H18N4O4. The average molecular weight is 378 g/mol. The van der Waals surface area contributed by atoms with Gasteiger partial charge in [0.05, 0.1) is 11.0 Å². The number of hydrogen-bond donors (Lipinski definition) is 2. The number of fused-ring (bicyclic) bond motifs is 2. The van der Waals surface area contributed by atoms with Gasteiger partial charge in [0.2, 0.25) is 0 Å². The molecule has 0 atom stereocenters. The first-order chi connectivity index (χ1) is 13.5. The highest BCUT2D eigenvalue weighted by molar-refractivity contribution is 5.99. The van der Waals surface area contributed by atoms with E-state index < -0.39 is 11.8 Å². The Bertz CT molecular complexity index is 1280. The summed E-state index contributed by atoms with van der Waals surface area (Å²) in [5.74, 6) is -0.961. The first-order valence-electron chi connectivity index (χ1n) is 8.69. The van der Waals surface area contributed by atoms with Crippen molar-refractivity contribution < 1.29 is 14.0 Å². The zero-order chi connectivity index (χ0) is 19.8. The highest BCUT2D eigenvalue weighted by atomic mass is 16.3. The number of nitrogens with zero attached hydrogens (tertiary/aromatic N) is 2. The highest BCUT2D eigenvalue weighted by Gasteiger charge is 2.18. The number of hydrazine groups is 1. The summed E-state index contributed by atoms with van der Waals surface area (Å²) in [4.78, 5) is 37.0. The molecule has 0 bridgehead atoms. The van der Waals surface area contributed by atoms with Crippen LogP contribution in [0, 0.1) is 6.92 Å². The molecule has 8 nitrogen and oxygen atoms in total. The van der Waals surface area contributed by atoms with Crippen molar-refractivity contribution in [3.8, 4) is 0 Å². The number of aromatic nitrogens is 2. The fourth-order valence-corrected chi connectivity index (χ4v) is 3.27. The van der Waals surface area contributed by atoms with Crippen LogP contribution in [0.3, 0.4) is 0 Å². The van der Waals surface area contributed by atoms with Crippen LogP contribution in [0.4, 0.5) is 0 Å². The lowest BCUT2D eigenvalue weighted by atomic mass is 10.1. The summed E-state index contributed by atoms with van der Waals surface area (Å²) in [5, 5.41) is 0.835. The van der Waals surface area contributed by atoms with Crippen LogP contribution < -0.4 is 16.5 Å². The van der Waals surface area contributed by atoms with E-state index >= 15 is 0 Å². The number of carbonyl (C=O) groups excluding carboxylic acids is 2. The van der Waals surface area contributed by atoms with E-state index in [2.05, 4.69) is 10.9 Å². The molecule has 0 spiro atoms. The van der Waals surface area contributed by atoms with Crippen molar-refractivity contribution in [3.63, 3.8) is 0 Å². The number of benzene rings is 2. The van der Waals surface area contributed by atoms with Gasteiger partial charge in [-0.2, -0.15) is 0 Å². The van der Waals surface area contributed by atoms with E-state index in [0.29, 0.717) is 16.7 Å². The van der Waals surface area contributed by atoms with Crippen LogP contribution in [-0.4, -0.2) is 20.9 Å². The maximum Gasteiger partial charge on any atom is 0.329 e. The van der Waals surface area contributed by atoms with Crippen molar-refractivity contribution in [2.24, 2.45) is 7.05 Å². The number of rotatable bonds is 3. The smallest absolute Gasteiger partial charge is 0.329 e. The number of carbonyl (C=O) groups is 2. The molecule has 4 rings (SSSR count). The third-order valence-corrected chi connectivity index (χ3v) is 4.72. The van der Waals surface area contributed by atoms with Crippen LogP contribution in [0.25, 0.3) is 22.0 Å². The Morgan fingerprint density at radius 3 is 2.43 bits per heavy atom. The molecule has 2 heterocycles. The molecule has 0 fully saturated rings. The third kappa shape index (κ3) is 2.84. The van der Waals surface area contributed by atoms with Gasteiger partial charge in [-0.15, -0.1) is 0 Å². The number of aryl methyl sites for hydroxylation is 2. The second-order valence-corrected chi connectivity index (χ2v) is 6.47. The van der Waals surface area contributed by atoms with E-state index in [1.807, 2.05) is 24.3 Å². The van der Waals surface area contributed by atoms with Gasteiger partial charge in [-0.25, -0.2) is 4.79 Å². The van der Waals surface area contributed by atoms with Crippen molar-refractivity contribution in [2.45, 2.75) is 13.5 Å². The summed E-state index contributed by atoms with van der Waals surface area (Å²) in [7, 11) is 1.64. The molecule has 2 amide bonds. The van der Waals surface area contributed by atoms with Gasteiger partial charge in [0.15, 0.2) is 5.76 Å². The molecule has 4 aromatic rings. The first-order valence-corrected chi connectivity index (χ1v) is 8.69. The van der Waals surface area contributed by atoms with Gasteiger partial charge in [-0.1, -0.05) is 30.3 Å². The topological polar surface area (TPSA) is 98.3 Å². The number of para-hydroxylation sites is 3. The van der Waals surface area contributed by atoms with Crippen LogP contribution >= 0.6 is 0 Å². The van der Waals surface area contributed by atoms with Crippen LogP contribution in [0.5, 0.6) is 0 Å². The maximum atomic E-state index is 12.4. The fourth-order valence-electron chi connectivity index (χ4n) is 3.27. The fraction of sp³-hybridized carbons (Fsp3) is 0.150. The van der Waals surface area contributed by atoms with Gasteiger partial charge in [0.1, 0.15) is 12.1 Å². The molecule has 8 heteroatoms. The molecule has 28 heavy (non-hydrogen) atoms. The minimum absolute atomic E-state index is 0.129. The summed E-state index contributed by atoms with van der Waals surface area (Å²) < 4.78 is 8.39. The molecule has 0 saturated heterocycles. The number of hydrogen-bond acceptors (Lipinski definition) is 4. The molecule has 0 radical (unpaired) electrons. The summed E-state index contributed by atoms with van der Waals surface area (Å²) in [6.07, 6.45) is 0. The van der Waals surface area contributed by atoms with Crippen LogP contribution in [0.15, 0.2) is 57.7 Å². The van der Waals surface area contributed by atoms with Crippen molar-refractivity contribution in [1.29, 1.82) is 0 Å². The SMILES string of the molecule is Cc1c(C(=O)NNC(=O)Cn2c(=O)n(C)c3ccccc32)oc2ccccc12. The Hall–Kier alpha value is -3.81. The van der Waals surface area contributed by atoms with E-state index in [1.54, 1.807) is 38.2 Å². The van der Waals surface area contributed by atoms with Crippen molar-refractivity contribution in [2.75, 3.05) is 0 Å². The van der Waals surface area contributed by atoms with Gasteiger partial charge in [-0.05, 0) is 25.1 Å². The molecule has 2 aromatic heterocycles. The Morgan fingerprint density at radius 2 is 1.68 bits per heavy atom. The van der Waals surface area contributed by atoms with Crippen LogP contribution in [0.1, 0.15) is 16.1 Å². The molecule has 2 aromatic carbocycles. The van der Waals surface area contributed by atoms with E-state index in [-0.39, 0.29) is 18.0 Å². The molecule has 0 unspecified atom stereocenters. The maximum absolute atomic E-state index is 12.4. The third-order valence-electron chi connectivity index (χ3n) is 4.72. The molecule has 0 aliphatic carbocycles. The summed E-state index contributed by atoms with van der Waals surface area (Å²) >= 11 is 0. The normalized spacial score (nSPS) is 11.1. The van der Waals surface area contributed by atoms with E-state index in [9.17, 15) is 14.4 Å². The quantitative estimate of drug-likeness (QED) is 0.532. The number of imidazole rings is 1. The zero-order valence-corrected chi connectivity index (χ0v) is 15.4. The van der Waals surface area contributed by atoms with Crippen molar-refractivity contribution in [3.05, 3.63) is 70.3 Å². The Morgan fingerprint density at radius 1 is 1.00 bits per heavy atom. The minimum atomic E-state index is -0.563. The lowest BCUT2D eigenvalue weighted by Gasteiger charge is -2.07. The zero-order valence-electron chi connectivity index (χ0n) is 15.4. The van der Waals surface area contributed by atoms with Crippen LogP contribution in [-0.2, 0) is 18.4 Å². The number of nitrogens with one attached hydrogen (secondary N) is 2. The van der Waals surface area contributed by atoms with Gasteiger partial charge < -0.3 is 4.42 Å². The molecule has 2 N–H and O–H groups in total. The average Bonchev–Trinajstić information content (AvgIpc) is 3.17.